The van der Waals surface area contributed by atoms with E-state index in [0.717, 1.165) is 102 Å². The Morgan fingerprint density at radius 3 is 2.37 bits per heavy atom. The van der Waals surface area contributed by atoms with Crippen LogP contribution in [0.4, 0.5) is 0 Å². The van der Waals surface area contributed by atoms with Gasteiger partial charge in [0.1, 0.15) is 12.3 Å². The third kappa shape index (κ3) is 12.8. The van der Waals surface area contributed by atoms with E-state index < -0.39 is 55.3 Å². The van der Waals surface area contributed by atoms with Crippen molar-refractivity contribution in [2.45, 2.75) is 174 Å². The second-order valence-corrected chi connectivity index (χ2v) is 24.5. The molecular weight excluding hydrogens is 976 g/mol. The van der Waals surface area contributed by atoms with Crippen LogP contribution in [-0.2, 0) is 55.7 Å². The minimum Gasteiger partial charge on any atom is -0.453 e. The number of ketones is 3. The number of nitrogens with one attached hydrogen (secondary N) is 1. The first-order valence-corrected chi connectivity index (χ1v) is 30.0. The maximum atomic E-state index is 15.2. The summed E-state index contributed by atoms with van der Waals surface area (Å²) < 4.78 is 43.3. The number of hydrogen-bond donors (Lipinski definition) is 4. The molecule has 414 valence electrons. The molecule has 4 N–H and O–H groups in total. The molecule has 8 rings (SSSR count). The smallest absolute Gasteiger partial charge is 0.453 e. The molecular formula is C59H86N2O13P+. The first-order chi connectivity index (χ1) is 35.9. The van der Waals surface area contributed by atoms with E-state index >= 15 is 4.79 Å². The van der Waals surface area contributed by atoms with E-state index in [-0.39, 0.29) is 77.3 Å². The minimum absolute atomic E-state index is 0.00309. The summed E-state index contributed by atoms with van der Waals surface area (Å²) in [7, 11) is -4.98. The average molecular weight is 1060 g/mol. The van der Waals surface area contributed by atoms with Crippen molar-refractivity contribution < 1.29 is 66.6 Å². The predicted octanol–water partition coefficient (Wildman–Crippen LogP) is 9.23. The number of phosphoric acid groups is 1. The number of nitrogens with zero attached hydrogens (tertiary/aromatic N) is 1. The molecule has 16 heteroatoms. The van der Waals surface area contributed by atoms with Gasteiger partial charge in [0.15, 0.2) is 36.6 Å². The molecule has 0 bridgehead atoms. The summed E-state index contributed by atoms with van der Waals surface area (Å²) in [6.07, 6.45) is 15.5. The summed E-state index contributed by atoms with van der Waals surface area (Å²) in [5.41, 5.74) is 0.543. The van der Waals surface area contributed by atoms with Gasteiger partial charge in [0, 0.05) is 36.7 Å². The Hall–Kier alpha value is -3.63. The van der Waals surface area contributed by atoms with E-state index in [0.29, 0.717) is 56.4 Å². The van der Waals surface area contributed by atoms with E-state index in [2.05, 4.69) is 36.5 Å². The zero-order valence-electron chi connectivity index (χ0n) is 45.1. The number of rotatable bonds is 27. The molecule has 2 aromatic rings. The van der Waals surface area contributed by atoms with Gasteiger partial charge in [0.25, 0.3) is 0 Å². The molecule has 2 aromatic carbocycles. The van der Waals surface area contributed by atoms with Crippen LogP contribution in [0.5, 0.6) is 5.75 Å². The lowest BCUT2D eigenvalue weighted by Gasteiger charge is -2.58. The van der Waals surface area contributed by atoms with Crippen LogP contribution in [0, 0.1) is 34.5 Å². The van der Waals surface area contributed by atoms with Gasteiger partial charge in [-0.25, -0.2) is 9.36 Å². The molecule has 1 heterocycles. The molecule has 4 saturated carbocycles. The van der Waals surface area contributed by atoms with Crippen molar-refractivity contribution in [2.75, 3.05) is 52.5 Å². The first kappa shape index (κ1) is 57.5. The van der Waals surface area contributed by atoms with E-state index in [1.54, 1.807) is 18.2 Å². The topological polar surface area (TPSA) is 204 Å². The normalized spacial score (nSPS) is 29.2. The van der Waals surface area contributed by atoms with Gasteiger partial charge in [-0.1, -0.05) is 81.0 Å². The summed E-state index contributed by atoms with van der Waals surface area (Å²) >= 11 is 0. The van der Waals surface area contributed by atoms with Crippen LogP contribution >= 0.6 is 7.82 Å². The molecule has 3 unspecified atom stereocenters. The standard InChI is InChI=1S/C59H85N2O13P/c1-5-61(6-2,38-44-33-43(24-27-51(44)74-75(67,68)69)50(63)37-60-30-16-7-8-17-31-70-32-18-15-21-41-19-11-9-12-20-41)39-55(66)71-40-53(65)59-54(72-56(73-59)42-22-13-10-14-23-42)36-49-47-26-25-45-34-46(62)35-52(64)58(45,4)48(47)28-29-57(49,59)3/h9,11-12,19-20,24,27,33-34,42,47-50,54,56,60,63H,5-8,10,13-18,21-23,25-26,28-32,35-40H2,1-4H3,(H-,67,68,69)/p+1/t47?,48?,49?,50-,54+,56-,57+,58+,59-/m1/s1. The highest BCUT2D eigenvalue weighted by atomic mass is 31.2. The van der Waals surface area contributed by atoms with Gasteiger partial charge in [-0.3, -0.25) is 24.2 Å². The number of benzene rings is 2. The monoisotopic (exact) mass is 1060 g/mol. The summed E-state index contributed by atoms with van der Waals surface area (Å²) in [5.74, 6) is -0.739. The molecule has 5 aliphatic carbocycles. The number of phosphoric ester groups is 1. The fourth-order valence-electron chi connectivity index (χ4n) is 14.6. The molecule has 15 nitrogen and oxygen atoms in total. The van der Waals surface area contributed by atoms with Gasteiger partial charge in [-0.15, -0.1) is 0 Å². The van der Waals surface area contributed by atoms with Crippen LogP contribution < -0.4 is 9.84 Å². The fourth-order valence-corrected chi connectivity index (χ4v) is 15.0. The number of likely N-dealkylation sites (N-methyl/N-ethyl adjacent to an activating group) is 1. The molecule has 0 spiro atoms. The van der Waals surface area contributed by atoms with Gasteiger partial charge in [0.05, 0.1) is 37.1 Å². The van der Waals surface area contributed by atoms with Crippen LogP contribution in [0.3, 0.4) is 0 Å². The Morgan fingerprint density at radius 1 is 0.907 bits per heavy atom. The Labute approximate surface area is 445 Å². The third-order valence-electron chi connectivity index (χ3n) is 19.0. The van der Waals surface area contributed by atoms with Gasteiger partial charge < -0.3 is 38.4 Å². The lowest BCUT2D eigenvalue weighted by molar-refractivity contribution is -0.931. The van der Waals surface area contributed by atoms with Crippen molar-refractivity contribution in [2.24, 2.45) is 34.5 Å². The molecule has 9 atom stereocenters. The number of carbonyl (C=O) groups excluding carboxylic acids is 4. The largest absolute Gasteiger partial charge is 0.524 e. The number of ether oxygens (including phenoxy) is 4. The van der Waals surface area contributed by atoms with Crippen molar-refractivity contribution in [3.05, 3.63) is 76.9 Å². The van der Waals surface area contributed by atoms with Crippen LogP contribution in [0.1, 0.15) is 160 Å². The highest BCUT2D eigenvalue weighted by Crippen LogP contribution is 2.70. The van der Waals surface area contributed by atoms with Crippen LogP contribution in [-0.4, -0.2) is 113 Å². The van der Waals surface area contributed by atoms with Crippen molar-refractivity contribution in [1.82, 2.24) is 5.32 Å². The van der Waals surface area contributed by atoms with Crippen molar-refractivity contribution in [3.63, 3.8) is 0 Å². The maximum absolute atomic E-state index is 15.2. The highest BCUT2D eigenvalue weighted by Gasteiger charge is 2.75. The van der Waals surface area contributed by atoms with Crippen LogP contribution in [0.25, 0.3) is 0 Å². The number of aryl methyl sites for hydroxylation is 1. The zero-order chi connectivity index (χ0) is 53.4. The van der Waals surface area contributed by atoms with Gasteiger partial charge in [-0.2, -0.15) is 0 Å². The van der Waals surface area contributed by atoms with Crippen molar-refractivity contribution >= 4 is 31.1 Å². The van der Waals surface area contributed by atoms with E-state index in [1.165, 1.54) is 11.6 Å². The van der Waals surface area contributed by atoms with Gasteiger partial charge in [-0.05, 0) is 151 Å². The number of fused-ring (bicyclic) bond motifs is 7. The third-order valence-corrected chi connectivity index (χ3v) is 19.4. The molecule has 1 aliphatic heterocycles. The molecule has 6 aliphatic rings. The summed E-state index contributed by atoms with van der Waals surface area (Å²) in [6, 6.07) is 15.2. The Kier molecular flexibility index (Phi) is 19.2. The molecule has 5 fully saturated rings. The molecule has 0 aromatic heterocycles. The van der Waals surface area contributed by atoms with Gasteiger partial charge >= 0.3 is 13.8 Å². The molecule has 1 saturated heterocycles. The lowest BCUT2D eigenvalue weighted by Crippen LogP contribution is -2.61. The number of hydrogen-bond acceptors (Lipinski definition) is 12. The lowest BCUT2D eigenvalue weighted by atomic mass is 9.46. The molecule has 0 radical (unpaired) electrons. The summed E-state index contributed by atoms with van der Waals surface area (Å²) in [4.78, 5) is 75.4. The number of esters is 1. The Bertz CT molecular complexity index is 2380. The number of unbranched alkanes of at least 4 members (excludes halogenated alkanes) is 4. The summed E-state index contributed by atoms with van der Waals surface area (Å²) in [6.45, 7) is 10.9. The average Bonchev–Trinajstić information content (AvgIpc) is 4.06. The quantitative estimate of drug-likeness (QED) is 0.0217. The molecule has 0 amide bonds. The van der Waals surface area contributed by atoms with Crippen molar-refractivity contribution in [1.29, 1.82) is 0 Å². The highest BCUT2D eigenvalue weighted by molar-refractivity contribution is 7.46. The number of aliphatic hydroxyl groups is 1. The second kappa shape index (κ2) is 25.0. The number of carbonyl (C=O) groups is 4. The van der Waals surface area contributed by atoms with E-state index in [9.17, 15) is 33.8 Å². The summed E-state index contributed by atoms with van der Waals surface area (Å²) in [5, 5.41) is 14.7. The number of aliphatic hydroxyl groups excluding tert-OH is 1. The van der Waals surface area contributed by atoms with E-state index in [1.807, 2.05) is 26.8 Å². The Morgan fingerprint density at radius 2 is 1.64 bits per heavy atom. The first-order valence-electron chi connectivity index (χ1n) is 28.5. The van der Waals surface area contributed by atoms with E-state index in [4.69, 9.17) is 23.5 Å². The predicted molar refractivity (Wildman–Crippen MR) is 283 cm³/mol. The van der Waals surface area contributed by atoms with Crippen molar-refractivity contribution in [3.8, 4) is 5.75 Å². The minimum atomic E-state index is -4.98. The fraction of sp³-hybridized carbons (Fsp3) is 0.695. The zero-order valence-corrected chi connectivity index (χ0v) is 46.0. The SMILES string of the molecule is CC[N+](CC)(CC(=O)OCC(=O)[C@@]12O[C@H](C3CCCCC3)O[C@H]1CC1C3CCC4=CC(=O)CC(=O)[C@]4(C)C3CC[C@@]12C)Cc1cc([C@H](O)CNCCCCCCOCCCCc2ccccc2)ccc1OP(=O)(O)O. The number of Topliss-reactive ketones (excluding diaryl/α,β-unsaturated/α-hetero) is 2. The molecule has 75 heavy (non-hydrogen) atoms. The van der Waals surface area contributed by atoms with Gasteiger partial charge in [0.2, 0.25) is 5.78 Å². The Balaban J connectivity index is 0.874. The number of allylic oxidation sites excluding steroid dienone is 1. The second-order valence-electron chi connectivity index (χ2n) is 23.3. The van der Waals surface area contributed by atoms with Crippen LogP contribution in [0.15, 0.2) is 60.2 Å². The maximum Gasteiger partial charge on any atom is 0.524 e. The number of quaternary nitrogens is 1. The van der Waals surface area contributed by atoms with Crippen LogP contribution in [0.2, 0.25) is 0 Å².